The van der Waals surface area contributed by atoms with Gasteiger partial charge in [0.2, 0.25) is 0 Å². The van der Waals surface area contributed by atoms with Crippen LogP contribution in [0.15, 0.2) is 30.3 Å². The number of carbonyl (C=O) groups is 1. The van der Waals surface area contributed by atoms with Crippen molar-refractivity contribution in [2.45, 2.75) is 18.3 Å². The van der Waals surface area contributed by atoms with Crippen molar-refractivity contribution < 1.29 is 4.79 Å². The average Bonchev–Trinajstić information content (AvgIpc) is 3.28. The molecule has 2 aliphatic rings. The van der Waals surface area contributed by atoms with Gasteiger partial charge in [-0.15, -0.1) is 0 Å². The van der Waals surface area contributed by atoms with Crippen LogP contribution in [0, 0.1) is 0 Å². The number of rotatable bonds is 3. The van der Waals surface area contributed by atoms with Crippen molar-refractivity contribution in [3.8, 4) is 0 Å². The Kier molecular flexibility index (Phi) is 3.66. The number of benzene rings is 1. The Hall–Kier alpha value is -1.55. The maximum absolute atomic E-state index is 12.2. The van der Waals surface area contributed by atoms with Crippen molar-refractivity contribution in [2.75, 3.05) is 39.8 Å². The van der Waals surface area contributed by atoms with Gasteiger partial charge in [0.1, 0.15) is 0 Å². The van der Waals surface area contributed by atoms with Crippen LogP contribution in [0.2, 0.25) is 0 Å². The Balaban J connectivity index is 1.53. The standard InChI is InChI=1S/C16H23N3O/c1-18-9-11-19(12-10-18)15(20)17-13-16(7-8-16)14-5-3-2-4-6-14/h2-6H,7-13H2,1H3,(H,17,20). The SMILES string of the molecule is CN1CCN(C(=O)NCC2(c3ccccc3)CC2)CC1. The number of piperazine rings is 1. The Morgan fingerprint density at radius 3 is 2.40 bits per heavy atom. The third-order valence-electron chi connectivity index (χ3n) is 4.61. The van der Waals surface area contributed by atoms with E-state index in [1.807, 2.05) is 11.0 Å². The van der Waals surface area contributed by atoms with Gasteiger partial charge in [-0.1, -0.05) is 30.3 Å². The van der Waals surface area contributed by atoms with Crippen molar-refractivity contribution in [2.24, 2.45) is 0 Å². The average molecular weight is 273 g/mol. The molecule has 4 heteroatoms. The Morgan fingerprint density at radius 1 is 1.15 bits per heavy atom. The number of nitrogens with zero attached hydrogens (tertiary/aromatic N) is 2. The summed E-state index contributed by atoms with van der Waals surface area (Å²) in [5.41, 5.74) is 1.56. The van der Waals surface area contributed by atoms with Crippen molar-refractivity contribution in [3.05, 3.63) is 35.9 Å². The van der Waals surface area contributed by atoms with Crippen LogP contribution in [0.1, 0.15) is 18.4 Å². The van der Waals surface area contributed by atoms with Gasteiger partial charge >= 0.3 is 6.03 Å². The molecule has 1 heterocycles. The fraction of sp³-hybridized carbons (Fsp3) is 0.562. The number of amides is 2. The molecular formula is C16H23N3O. The highest BCUT2D eigenvalue weighted by Crippen LogP contribution is 2.47. The molecular weight excluding hydrogens is 250 g/mol. The molecule has 108 valence electrons. The summed E-state index contributed by atoms with van der Waals surface area (Å²) in [7, 11) is 2.10. The molecule has 1 saturated heterocycles. The summed E-state index contributed by atoms with van der Waals surface area (Å²) in [5.74, 6) is 0. The van der Waals surface area contributed by atoms with E-state index in [1.165, 1.54) is 18.4 Å². The fourth-order valence-electron chi connectivity index (χ4n) is 2.88. The maximum Gasteiger partial charge on any atom is 0.317 e. The van der Waals surface area contributed by atoms with E-state index >= 15 is 0 Å². The minimum Gasteiger partial charge on any atom is -0.337 e. The maximum atomic E-state index is 12.2. The molecule has 20 heavy (non-hydrogen) atoms. The second-order valence-corrected chi connectivity index (χ2v) is 6.10. The van der Waals surface area contributed by atoms with Crippen molar-refractivity contribution in [1.82, 2.24) is 15.1 Å². The van der Waals surface area contributed by atoms with Crippen LogP contribution >= 0.6 is 0 Å². The molecule has 1 saturated carbocycles. The van der Waals surface area contributed by atoms with Crippen LogP contribution < -0.4 is 5.32 Å². The molecule has 2 amide bonds. The van der Waals surface area contributed by atoms with Gasteiger partial charge < -0.3 is 15.1 Å². The second-order valence-electron chi connectivity index (χ2n) is 6.10. The largest absolute Gasteiger partial charge is 0.337 e. The number of carbonyl (C=O) groups excluding carboxylic acids is 1. The first-order valence-corrected chi connectivity index (χ1v) is 7.46. The number of hydrogen-bond donors (Lipinski definition) is 1. The highest BCUT2D eigenvalue weighted by Gasteiger charge is 2.44. The molecule has 0 spiro atoms. The van der Waals surface area contributed by atoms with E-state index in [0.29, 0.717) is 0 Å². The Bertz CT molecular complexity index is 462. The van der Waals surface area contributed by atoms with Gasteiger partial charge in [0.05, 0.1) is 0 Å². The van der Waals surface area contributed by atoms with Crippen molar-refractivity contribution in [3.63, 3.8) is 0 Å². The quantitative estimate of drug-likeness (QED) is 0.909. The summed E-state index contributed by atoms with van der Waals surface area (Å²) in [6, 6.07) is 10.7. The van der Waals surface area contributed by atoms with E-state index < -0.39 is 0 Å². The van der Waals surface area contributed by atoms with Gasteiger partial charge in [0.15, 0.2) is 0 Å². The molecule has 1 aromatic rings. The van der Waals surface area contributed by atoms with Crippen LogP contribution in [0.3, 0.4) is 0 Å². The zero-order chi connectivity index (χ0) is 14.0. The van der Waals surface area contributed by atoms with Crippen molar-refractivity contribution >= 4 is 6.03 Å². The Labute approximate surface area is 120 Å². The summed E-state index contributed by atoms with van der Waals surface area (Å²) in [6.45, 7) is 4.37. The monoisotopic (exact) mass is 273 g/mol. The number of likely N-dealkylation sites (N-methyl/N-ethyl adjacent to an activating group) is 1. The third kappa shape index (κ3) is 2.80. The first-order valence-electron chi connectivity index (χ1n) is 7.46. The Morgan fingerprint density at radius 2 is 1.80 bits per heavy atom. The van der Waals surface area contributed by atoms with Gasteiger partial charge in [-0.2, -0.15) is 0 Å². The molecule has 3 rings (SSSR count). The molecule has 0 aromatic heterocycles. The molecule has 1 aliphatic carbocycles. The predicted octanol–water partition coefficient (Wildman–Crippen LogP) is 1.68. The first kappa shape index (κ1) is 13.4. The molecule has 4 nitrogen and oxygen atoms in total. The number of urea groups is 1. The molecule has 1 N–H and O–H groups in total. The van der Waals surface area contributed by atoms with Crippen LogP contribution in [0.4, 0.5) is 4.79 Å². The summed E-state index contributed by atoms with van der Waals surface area (Å²) < 4.78 is 0. The lowest BCUT2D eigenvalue weighted by atomic mass is 9.96. The molecule has 2 fully saturated rings. The van der Waals surface area contributed by atoms with Crippen LogP contribution in [-0.4, -0.2) is 55.6 Å². The van der Waals surface area contributed by atoms with Crippen LogP contribution in [0.25, 0.3) is 0 Å². The van der Waals surface area contributed by atoms with Crippen LogP contribution in [0.5, 0.6) is 0 Å². The number of nitrogens with one attached hydrogen (secondary N) is 1. The van der Waals surface area contributed by atoms with Gasteiger partial charge in [-0.25, -0.2) is 4.79 Å². The molecule has 0 bridgehead atoms. The first-order chi connectivity index (χ1) is 9.70. The van der Waals surface area contributed by atoms with E-state index in [2.05, 4.69) is 41.5 Å². The van der Waals surface area contributed by atoms with E-state index in [4.69, 9.17) is 0 Å². The lowest BCUT2D eigenvalue weighted by Gasteiger charge is -2.32. The summed E-state index contributed by atoms with van der Waals surface area (Å²) >= 11 is 0. The predicted molar refractivity (Wildman–Crippen MR) is 79.8 cm³/mol. The van der Waals surface area contributed by atoms with Gasteiger partial charge in [-0.05, 0) is 25.5 Å². The van der Waals surface area contributed by atoms with Crippen molar-refractivity contribution in [1.29, 1.82) is 0 Å². The zero-order valence-corrected chi connectivity index (χ0v) is 12.1. The second kappa shape index (κ2) is 5.44. The molecule has 0 atom stereocenters. The van der Waals surface area contributed by atoms with Gasteiger partial charge in [0.25, 0.3) is 0 Å². The normalized spacial score (nSPS) is 21.6. The number of hydrogen-bond acceptors (Lipinski definition) is 2. The molecule has 1 aromatic carbocycles. The minimum absolute atomic E-state index is 0.0975. The van der Waals surface area contributed by atoms with E-state index in [0.717, 1.165) is 32.7 Å². The lowest BCUT2D eigenvalue weighted by Crippen LogP contribution is -2.51. The lowest BCUT2D eigenvalue weighted by molar-refractivity contribution is 0.154. The van der Waals surface area contributed by atoms with Gasteiger partial charge in [0, 0.05) is 38.1 Å². The smallest absolute Gasteiger partial charge is 0.317 e. The summed E-state index contributed by atoms with van der Waals surface area (Å²) in [4.78, 5) is 16.4. The third-order valence-corrected chi connectivity index (χ3v) is 4.61. The van der Waals surface area contributed by atoms with Crippen LogP contribution in [-0.2, 0) is 5.41 Å². The van der Waals surface area contributed by atoms with E-state index in [-0.39, 0.29) is 11.4 Å². The van der Waals surface area contributed by atoms with Gasteiger partial charge in [-0.3, -0.25) is 0 Å². The fourth-order valence-corrected chi connectivity index (χ4v) is 2.88. The highest BCUT2D eigenvalue weighted by molar-refractivity contribution is 5.74. The minimum atomic E-state index is 0.0975. The summed E-state index contributed by atoms with van der Waals surface area (Å²) in [5, 5.41) is 3.14. The summed E-state index contributed by atoms with van der Waals surface area (Å²) in [6.07, 6.45) is 2.36. The topological polar surface area (TPSA) is 35.6 Å². The highest BCUT2D eigenvalue weighted by atomic mass is 16.2. The van der Waals surface area contributed by atoms with E-state index in [9.17, 15) is 4.79 Å². The zero-order valence-electron chi connectivity index (χ0n) is 12.1. The molecule has 0 unspecified atom stereocenters. The molecule has 1 aliphatic heterocycles. The molecule has 0 radical (unpaired) electrons. The van der Waals surface area contributed by atoms with E-state index in [1.54, 1.807) is 0 Å².